The molecule has 1 amide bonds. The second-order valence-corrected chi connectivity index (χ2v) is 5.96. The van der Waals surface area contributed by atoms with Crippen molar-refractivity contribution in [3.63, 3.8) is 0 Å². The Hall–Kier alpha value is -2.24. The Kier molecular flexibility index (Phi) is 7.57. The van der Waals surface area contributed by atoms with E-state index < -0.39 is 6.10 Å². The summed E-state index contributed by atoms with van der Waals surface area (Å²) in [6.45, 7) is 3.08. The molecular weight excluding hydrogens is 340 g/mol. The van der Waals surface area contributed by atoms with Gasteiger partial charge >= 0.3 is 0 Å². The molecule has 134 valence electrons. The first-order valence-electron chi connectivity index (χ1n) is 8.14. The lowest BCUT2D eigenvalue weighted by molar-refractivity contribution is 0.0947. The average molecular weight is 363 g/mol. The van der Waals surface area contributed by atoms with Crippen molar-refractivity contribution in [3.8, 4) is 5.75 Å². The summed E-state index contributed by atoms with van der Waals surface area (Å²) in [4.78, 5) is 12.3. The van der Waals surface area contributed by atoms with Crippen molar-refractivity contribution in [2.75, 3.05) is 30.9 Å². The number of carbonyl (C=O) groups excluding carboxylic acids is 1. The van der Waals surface area contributed by atoms with E-state index in [1.54, 1.807) is 18.2 Å². The molecule has 2 aromatic rings. The van der Waals surface area contributed by atoms with Crippen molar-refractivity contribution >= 4 is 23.2 Å². The Labute approximate surface area is 153 Å². The second-order valence-electron chi connectivity index (χ2n) is 5.65. The lowest BCUT2D eigenvalue weighted by atomic mass is 10.1. The van der Waals surface area contributed by atoms with Crippen LogP contribution in [0.5, 0.6) is 5.75 Å². The fraction of sp³-hybridized carbons (Fsp3) is 0.316. The predicted octanol–water partition coefficient (Wildman–Crippen LogP) is 2.82. The molecule has 0 saturated heterocycles. The second kappa shape index (κ2) is 9.91. The normalized spacial score (nSPS) is 11.6. The number of aryl methyl sites for hydroxylation is 1. The number of carbonyl (C=O) groups is 1. The lowest BCUT2D eigenvalue weighted by Crippen LogP contribution is -2.29. The van der Waals surface area contributed by atoms with E-state index in [4.69, 9.17) is 16.3 Å². The smallest absolute Gasteiger partial charge is 0.253 e. The van der Waals surface area contributed by atoms with Crippen molar-refractivity contribution in [1.82, 2.24) is 5.32 Å². The number of hydrogen-bond donors (Lipinski definition) is 3. The van der Waals surface area contributed by atoms with Crippen LogP contribution in [0.2, 0.25) is 0 Å². The average Bonchev–Trinajstić information content (AvgIpc) is 2.64. The molecule has 3 N–H and O–H groups in total. The molecule has 2 rings (SSSR count). The monoisotopic (exact) mass is 362 g/mol. The standard InChI is InChI=1S/C19H23ClN2O3/c1-14-6-8-16(9-7-14)25-11-10-21-19(24)17-4-2-3-5-18(17)22-13-15(23)12-20/h2-9,15,22-23H,10-13H2,1H3,(H,21,24). The molecule has 0 heterocycles. The Morgan fingerprint density at radius 3 is 2.64 bits per heavy atom. The van der Waals surface area contributed by atoms with Gasteiger partial charge in [0, 0.05) is 12.2 Å². The number of para-hydroxylation sites is 1. The summed E-state index contributed by atoms with van der Waals surface area (Å²) in [6, 6.07) is 14.9. The highest BCUT2D eigenvalue weighted by molar-refractivity contribution is 6.18. The first kappa shape index (κ1) is 19.1. The van der Waals surface area contributed by atoms with E-state index in [0.717, 1.165) is 5.75 Å². The van der Waals surface area contributed by atoms with Crippen LogP contribution in [-0.2, 0) is 0 Å². The van der Waals surface area contributed by atoms with E-state index in [0.29, 0.717) is 24.4 Å². The molecular formula is C19H23ClN2O3. The summed E-state index contributed by atoms with van der Waals surface area (Å²) in [5.41, 5.74) is 2.34. The number of rotatable bonds is 9. The molecule has 6 heteroatoms. The first-order chi connectivity index (χ1) is 12.1. The molecule has 0 aromatic heterocycles. The highest BCUT2D eigenvalue weighted by atomic mass is 35.5. The summed E-state index contributed by atoms with van der Waals surface area (Å²) in [7, 11) is 0. The van der Waals surface area contributed by atoms with E-state index in [1.165, 1.54) is 5.56 Å². The number of aliphatic hydroxyl groups excluding tert-OH is 1. The highest BCUT2D eigenvalue weighted by Gasteiger charge is 2.11. The van der Waals surface area contributed by atoms with Crippen LogP contribution in [0.3, 0.4) is 0 Å². The SMILES string of the molecule is Cc1ccc(OCCNC(=O)c2ccccc2NCC(O)CCl)cc1. The third-order valence-electron chi connectivity index (χ3n) is 3.56. The summed E-state index contributed by atoms with van der Waals surface area (Å²) >= 11 is 5.58. The maximum absolute atomic E-state index is 12.3. The van der Waals surface area contributed by atoms with Gasteiger partial charge < -0.3 is 20.5 Å². The number of ether oxygens (including phenoxy) is 1. The van der Waals surface area contributed by atoms with Gasteiger partial charge in [0.2, 0.25) is 0 Å². The molecule has 0 spiro atoms. The van der Waals surface area contributed by atoms with Crippen LogP contribution in [0.15, 0.2) is 48.5 Å². The molecule has 0 aliphatic carbocycles. The number of amides is 1. The van der Waals surface area contributed by atoms with Crippen molar-refractivity contribution in [2.24, 2.45) is 0 Å². The van der Waals surface area contributed by atoms with Gasteiger partial charge in [0.05, 0.1) is 24.1 Å². The molecule has 5 nitrogen and oxygen atoms in total. The molecule has 0 radical (unpaired) electrons. The molecule has 0 fully saturated rings. The predicted molar refractivity (Wildman–Crippen MR) is 101 cm³/mol. The van der Waals surface area contributed by atoms with E-state index >= 15 is 0 Å². The van der Waals surface area contributed by atoms with Crippen molar-refractivity contribution in [1.29, 1.82) is 0 Å². The van der Waals surface area contributed by atoms with E-state index in [1.807, 2.05) is 37.3 Å². The van der Waals surface area contributed by atoms with Gasteiger partial charge in [0.25, 0.3) is 5.91 Å². The van der Waals surface area contributed by atoms with Gasteiger partial charge in [-0.1, -0.05) is 29.8 Å². The Balaban J connectivity index is 1.82. The van der Waals surface area contributed by atoms with Crippen LogP contribution in [0.25, 0.3) is 0 Å². The Bertz CT molecular complexity index is 677. The molecule has 0 saturated carbocycles. The third-order valence-corrected chi connectivity index (χ3v) is 3.91. The summed E-state index contributed by atoms with van der Waals surface area (Å²) in [6.07, 6.45) is -0.666. The number of benzene rings is 2. The summed E-state index contributed by atoms with van der Waals surface area (Å²) in [5.74, 6) is 0.713. The number of hydrogen-bond acceptors (Lipinski definition) is 4. The van der Waals surface area contributed by atoms with Gasteiger partial charge in [0.1, 0.15) is 12.4 Å². The first-order valence-corrected chi connectivity index (χ1v) is 8.68. The summed E-state index contributed by atoms with van der Waals surface area (Å²) in [5, 5.41) is 15.4. The topological polar surface area (TPSA) is 70.6 Å². The minimum Gasteiger partial charge on any atom is -0.492 e. The molecule has 0 aliphatic rings. The van der Waals surface area contributed by atoms with Crippen LogP contribution in [0.4, 0.5) is 5.69 Å². The van der Waals surface area contributed by atoms with E-state index in [-0.39, 0.29) is 18.3 Å². The van der Waals surface area contributed by atoms with Gasteiger partial charge in [0.15, 0.2) is 0 Å². The fourth-order valence-electron chi connectivity index (χ4n) is 2.18. The maximum atomic E-state index is 12.3. The summed E-state index contributed by atoms with van der Waals surface area (Å²) < 4.78 is 5.59. The van der Waals surface area contributed by atoms with Crippen molar-refractivity contribution in [3.05, 3.63) is 59.7 Å². The van der Waals surface area contributed by atoms with Crippen molar-refractivity contribution in [2.45, 2.75) is 13.0 Å². The van der Waals surface area contributed by atoms with E-state index in [9.17, 15) is 9.90 Å². The van der Waals surface area contributed by atoms with Gasteiger partial charge in [-0.05, 0) is 31.2 Å². The van der Waals surface area contributed by atoms with Gasteiger partial charge in [-0.25, -0.2) is 0 Å². The molecule has 2 aromatic carbocycles. The quantitative estimate of drug-likeness (QED) is 0.474. The highest BCUT2D eigenvalue weighted by Crippen LogP contribution is 2.15. The van der Waals surface area contributed by atoms with Gasteiger partial charge in [-0.15, -0.1) is 11.6 Å². The molecule has 25 heavy (non-hydrogen) atoms. The molecule has 0 aliphatic heterocycles. The van der Waals surface area contributed by atoms with E-state index in [2.05, 4.69) is 10.6 Å². The molecule has 1 atom stereocenters. The van der Waals surface area contributed by atoms with Crippen molar-refractivity contribution < 1.29 is 14.6 Å². The van der Waals surface area contributed by atoms with Gasteiger partial charge in [-0.2, -0.15) is 0 Å². The fourth-order valence-corrected chi connectivity index (χ4v) is 2.29. The number of anilines is 1. The van der Waals surface area contributed by atoms with Crippen LogP contribution in [-0.4, -0.2) is 42.7 Å². The minimum atomic E-state index is -0.666. The third kappa shape index (κ3) is 6.29. The van der Waals surface area contributed by atoms with Crippen LogP contribution in [0.1, 0.15) is 15.9 Å². The molecule has 1 unspecified atom stereocenters. The van der Waals surface area contributed by atoms with Crippen LogP contribution >= 0.6 is 11.6 Å². The zero-order valence-corrected chi connectivity index (χ0v) is 14.9. The number of alkyl halides is 1. The Morgan fingerprint density at radius 1 is 1.20 bits per heavy atom. The maximum Gasteiger partial charge on any atom is 0.253 e. The minimum absolute atomic E-state index is 0.137. The number of aliphatic hydroxyl groups is 1. The Morgan fingerprint density at radius 2 is 1.92 bits per heavy atom. The largest absolute Gasteiger partial charge is 0.492 e. The van der Waals surface area contributed by atoms with Crippen LogP contribution in [0, 0.1) is 6.92 Å². The number of nitrogens with one attached hydrogen (secondary N) is 2. The zero-order valence-electron chi connectivity index (χ0n) is 14.2. The van der Waals surface area contributed by atoms with Crippen LogP contribution < -0.4 is 15.4 Å². The zero-order chi connectivity index (χ0) is 18.1. The van der Waals surface area contributed by atoms with Gasteiger partial charge in [-0.3, -0.25) is 4.79 Å². The number of halogens is 1. The lowest BCUT2D eigenvalue weighted by Gasteiger charge is -2.14. The molecule has 0 bridgehead atoms.